The SMILES string of the molecule is COC(=O)CC(=O)N(Cc1ccc2c(c1)CCc1ccccc1C2=CC#N)c1cccc(-c2ccccc2)c1. The molecule has 0 aromatic heterocycles. The molecule has 0 fully saturated rings. The molecule has 0 N–H and O–H groups in total. The Morgan fingerprint density at radius 1 is 0.846 bits per heavy atom. The Kier molecular flexibility index (Phi) is 7.65. The molecule has 192 valence electrons. The smallest absolute Gasteiger partial charge is 0.315 e. The third-order valence-corrected chi connectivity index (χ3v) is 7.07. The van der Waals surface area contributed by atoms with E-state index in [2.05, 4.69) is 24.3 Å². The number of ether oxygens (including phenoxy) is 1. The summed E-state index contributed by atoms with van der Waals surface area (Å²) >= 11 is 0. The first-order valence-corrected chi connectivity index (χ1v) is 12.9. The zero-order valence-electron chi connectivity index (χ0n) is 21.8. The largest absolute Gasteiger partial charge is 0.469 e. The molecule has 39 heavy (non-hydrogen) atoms. The van der Waals surface area contributed by atoms with Crippen molar-refractivity contribution < 1.29 is 14.3 Å². The molecule has 0 saturated heterocycles. The lowest BCUT2D eigenvalue weighted by Gasteiger charge is -2.24. The number of carbonyl (C=O) groups excluding carboxylic acids is 2. The second-order valence-electron chi connectivity index (χ2n) is 9.48. The van der Waals surface area contributed by atoms with Crippen LogP contribution < -0.4 is 4.90 Å². The van der Waals surface area contributed by atoms with Crippen LogP contribution in [0.15, 0.2) is 103 Å². The molecule has 1 aliphatic rings. The fraction of sp³-hybridized carbons (Fsp3) is 0.147. The third-order valence-electron chi connectivity index (χ3n) is 7.07. The number of fused-ring (bicyclic) bond motifs is 2. The molecule has 0 atom stereocenters. The van der Waals surface area contributed by atoms with Crippen molar-refractivity contribution in [2.75, 3.05) is 12.0 Å². The molecule has 0 spiro atoms. The number of anilines is 1. The molecule has 0 aliphatic heterocycles. The van der Waals surface area contributed by atoms with Crippen molar-refractivity contribution in [3.05, 3.63) is 131 Å². The van der Waals surface area contributed by atoms with Gasteiger partial charge in [0, 0.05) is 11.8 Å². The number of hydrogen-bond acceptors (Lipinski definition) is 4. The lowest BCUT2D eigenvalue weighted by atomic mass is 9.93. The van der Waals surface area contributed by atoms with Gasteiger partial charge in [0.1, 0.15) is 6.42 Å². The highest BCUT2D eigenvalue weighted by Gasteiger charge is 2.22. The molecule has 0 heterocycles. The van der Waals surface area contributed by atoms with E-state index < -0.39 is 5.97 Å². The summed E-state index contributed by atoms with van der Waals surface area (Å²) in [7, 11) is 1.28. The van der Waals surface area contributed by atoms with Gasteiger partial charge in [-0.1, -0.05) is 84.9 Å². The predicted molar refractivity (Wildman–Crippen MR) is 153 cm³/mol. The number of methoxy groups -OCH3 is 1. The maximum Gasteiger partial charge on any atom is 0.315 e. The van der Waals surface area contributed by atoms with Gasteiger partial charge in [-0.25, -0.2) is 0 Å². The van der Waals surface area contributed by atoms with E-state index in [0.717, 1.165) is 51.8 Å². The zero-order valence-corrected chi connectivity index (χ0v) is 21.8. The van der Waals surface area contributed by atoms with Crippen molar-refractivity contribution >= 4 is 23.1 Å². The van der Waals surface area contributed by atoms with E-state index in [1.165, 1.54) is 12.7 Å². The number of nitriles is 1. The standard InChI is InChI=1S/C34H28N2O3/c1-39-34(38)22-33(37)36(29-12-7-11-27(21-29)25-8-3-2-4-9-25)23-24-14-17-31-28(20-24)16-15-26-10-5-6-13-30(26)32(31)18-19-35/h2-14,17-18,20-21H,15-16,22-23H2,1H3. The summed E-state index contributed by atoms with van der Waals surface area (Å²) in [6.45, 7) is 0.297. The van der Waals surface area contributed by atoms with E-state index >= 15 is 0 Å². The Balaban J connectivity index is 1.51. The van der Waals surface area contributed by atoms with Crippen molar-refractivity contribution in [1.82, 2.24) is 0 Å². The van der Waals surface area contributed by atoms with Gasteiger partial charge in [0.15, 0.2) is 0 Å². The minimum atomic E-state index is -0.574. The predicted octanol–water partition coefficient (Wildman–Crippen LogP) is 6.50. The minimum Gasteiger partial charge on any atom is -0.469 e. The normalized spacial score (nSPS) is 13.0. The maximum atomic E-state index is 13.4. The molecule has 0 radical (unpaired) electrons. The van der Waals surface area contributed by atoms with Gasteiger partial charge in [-0.05, 0) is 69.5 Å². The summed E-state index contributed by atoms with van der Waals surface area (Å²) in [6.07, 6.45) is 2.95. The highest BCUT2D eigenvalue weighted by molar-refractivity contribution is 6.03. The van der Waals surface area contributed by atoms with Gasteiger partial charge in [0.2, 0.25) is 5.91 Å². The van der Waals surface area contributed by atoms with Crippen molar-refractivity contribution in [2.45, 2.75) is 25.8 Å². The van der Waals surface area contributed by atoms with E-state index in [-0.39, 0.29) is 12.3 Å². The van der Waals surface area contributed by atoms with Gasteiger partial charge in [0.05, 0.1) is 19.7 Å². The van der Waals surface area contributed by atoms with Crippen molar-refractivity contribution in [2.24, 2.45) is 0 Å². The van der Waals surface area contributed by atoms with Gasteiger partial charge in [-0.2, -0.15) is 5.26 Å². The number of carbonyl (C=O) groups is 2. The zero-order chi connectivity index (χ0) is 27.2. The lowest BCUT2D eigenvalue weighted by molar-refractivity contribution is -0.143. The highest BCUT2D eigenvalue weighted by Crippen LogP contribution is 2.34. The summed E-state index contributed by atoms with van der Waals surface area (Å²) in [6, 6.07) is 34.3. The number of allylic oxidation sites excluding steroid dienone is 1. The number of rotatable bonds is 6. The van der Waals surface area contributed by atoms with Crippen LogP contribution in [0.25, 0.3) is 16.7 Å². The van der Waals surface area contributed by atoms with E-state index in [9.17, 15) is 14.9 Å². The van der Waals surface area contributed by atoms with Gasteiger partial charge < -0.3 is 9.64 Å². The van der Waals surface area contributed by atoms with E-state index in [0.29, 0.717) is 12.2 Å². The first kappa shape index (κ1) is 25.7. The molecule has 1 aliphatic carbocycles. The molecule has 5 heteroatoms. The van der Waals surface area contributed by atoms with Gasteiger partial charge in [-0.15, -0.1) is 0 Å². The fourth-order valence-electron chi connectivity index (χ4n) is 5.13. The van der Waals surface area contributed by atoms with Crippen LogP contribution >= 0.6 is 0 Å². The number of nitrogens with zero attached hydrogens (tertiary/aromatic N) is 2. The number of esters is 1. The quantitative estimate of drug-likeness (QED) is 0.168. The van der Waals surface area contributed by atoms with E-state index in [1.54, 1.807) is 11.0 Å². The van der Waals surface area contributed by atoms with E-state index in [1.807, 2.05) is 78.9 Å². The summed E-state index contributed by atoms with van der Waals surface area (Å²) in [5.41, 5.74) is 9.05. The Bertz CT molecular complexity index is 1600. The summed E-state index contributed by atoms with van der Waals surface area (Å²) < 4.78 is 4.78. The molecule has 5 nitrogen and oxygen atoms in total. The van der Waals surface area contributed by atoms with Crippen LogP contribution in [-0.2, 0) is 33.7 Å². The fourth-order valence-corrected chi connectivity index (χ4v) is 5.13. The number of amides is 1. The molecule has 4 aromatic carbocycles. The summed E-state index contributed by atoms with van der Waals surface area (Å²) in [4.78, 5) is 27.0. The highest BCUT2D eigenvalue weighted by atomic mass is 16.5. The third kappa shape index (κ3) is 5.66. The summed E-state index contributed by atoms with van der Waals surface area (Å²) in [5, 5.41) is 9.51. The van der Waals surface area contributed by atoms with Crippen LogP contribution in [-0.4, -0.2) is 19.0 Å². The molecule has 5 rings (SSSR count). The minimum absolute atomic E-state index is 0.297. The first-order valence-electron chi connectivity index (χ1n) is 12.9. The topological polar surface area (TPSA) is 70.4 Å². The Labute approximate surface area is 228 Å². The van der Waals surface area contributed by atoms with Gasteiger partial charge in [-0.3, -0.25) is 9.59 Å². The van der Waals surface area contributed by atoms with Crippen LogP contribution in [0, 0.1) is 11.3 Å². The van der Waals surface area contributed by atoms with E-state index in [4.69, 9.17) is 4.74 Å². The van der Waals surface area contributed by atoms with Crippen molar-refractivity contribution in [3.8, 4) is 17.2 Å². The molecule has 0 bridgehead atoms. The van der Waals surface area contributed by atoms with Crippen molar-refractivity contribution in [3.63, 3.8) is 0 Å². The van der Waals surface area contributed by atoms with Crippen LogP contribution in [0.1, 0.15) is 34.2 Å². The average Bonchev–Trinajstić information content (AvgIpc) is 3.13. The number of benzene rings is 4. The Morgan fingerprint density at radius 3 is 2.36 bits per heavy atom. The number of hydrogen-bond donors (Lipinski definition) is 0. The van der Waals surface area contributed by atoms with Crippen LogP contribution in [0.5, 0.6) is 0 Å². The summed E-state index contributed by atoms with van der Waals surface area (Å²) in [5.74, 6) is -0.908. The number of aryl methyl sites for hydroxylation is 2. The molecule has 0 unspecified atom stereocenters. The maximum absolute atomic E-state index is 13.4. The molecule has 0 saturated carbocycles. The monoisotopic (exact) mass is 512 g/mol. The first-order chi connectivity index (χ1) is 19.1. The molecular formula is C34H28N2O3. The van der Waals surface area contributed by atoms with Crippen molar-refractivity contribution in [1.29, 1.82) is 5.26 Å². The second kappa shape index (κ2) is 11.6. The van der Waals surface area contributed by atoms with Gasteiger partial charge in [0.25, 0.3) is 0 Å². The van der Waals surface area contributed by atoms with Crippen LogP contribution in [0.3, 0.4) is 0 Å². The lowest BCUT2D eigenvalue weighted by Crippen LogP contribution is -2.32. The average molecular weight is 513 g/mol. The molecule has 1 amide bonds. The Morgan fingerprint density at radius 2 is 1.56 bits per heavy atom. The Hall–Kier alpha value is -4.95. The van der Waals surface area contributed by atoms with Crippen LogP contribution in [0.4, 0.5) is 5.69 Å². The second-order valence-corrected chi connectivity index (χ2v) is 9.48. The molecule has 4 aromatic rings. The molecular weight excluding hydrogens is 484 g/mol. The van der Waals surface area contributed by atoms with Crippen LogP contribution in [0.2, 0.25) is 0 Å². The van der Waals surface area contributed by atoms with Gasteiger partial charge >= 0.3 is 5.97 Å².